The van der Waals surface area contributed by atoms with Gasteiger partial charge in [-0.3, -0.25) is 4.68 Å². The van der Waals surface area contributed by atoms with Crippen LogP contribution in [0, 0.1) is 13.8 Å². The van der Waals surface area contributed by atoms with Gasteiger partial charge in [0.2, 0.25) is 0 Å². The number of benzene rings is 2. The highest BCUT2D eigenvalue weighted by atomic mass is 16.5. The number of methoxy groups -OCH3 is 1. The van der Waals surface area contributed by atoms with Crippen molar-refractivity contribution in [2.45, 2.75) is 64.7 Å². The van der Waals surface area contributed by atoms with E-state index in [2.05, 4.69) is 31.7 Å². The summed E-state index contributed by atoms with van der Waals surface area (Å²) in [4.78, 5) is 18.9. The number of hydrogen-bond donors (Lipinski definition) is 2. The molecule has 1 fully saturated rings. The number of aryl methyl sites for hydroxylation is 1. The Bertz CT molecular complexity index is 1840. The fourth-order valence-corrected chi connectivity index (χ4v) is 6.53. The summed E-state index contributed by atoms with van der Waals surface area (Å²) in [5.74, 6) is 0.119. The minimum atomic E-state index is -1.14. The quantitative estimate of drug-likeness (QED) is 0.215. The van der Waals surface area contributed by atoms with Gasteiger partial charge in [-0.05, 0) is 43.5 Å². The number of nitrogens with zero attached hydrogens (tertiary/aromatic N) is 6. The molecular weight excluding hydrogens is 568 g/mol. The molecule has 1 atom stereocenters. The SMILES string of the molecule is COC1(C(=O)O)CCN(c2ccc(-n3nc(-c4cccc5nn(CC(O)c6ccccc6)cc45)c(C(C)C)c3C)c(C)n2)CC1. The summed E-state index contributed by atoms with van der Waals surface area (Å²) in [5, 5.41) is 31.5. The molecule has 3 aromatic heterocycles. The molecule has 6 rings (SSSR count). The first-order valence-corrected chi connectivity index (χ1v) is 15.4. The standard InChI is InChI=1S/C35H40N6O4/c1-22(2)32-24(4)41(29-14-15-31(36-23(29)3)39-18-16-35(45-5,17-19-39)34(43)44)38-33(32)26-12-9-13-28-27(26)20-40(37-28)21-30(42)25-10-7-6-8-11-25/h6-15,20,22,30,42H,16-19,21H2,1-5H3,(H,43,44). The Hall–Kier alpha value is -4.54. The third-order valence-electron chi connectivity index (χ3n) is 9.08. The third-order valence-corrected chi connectivity index (χ3v) is 9.08. The second-order valence-corrected chi connectivity index (χ2v) is 12.2. The summed E-state index contributed by atoms with van der Waals surface area (Å²) in [7, 11) is 1.47. The van der Waals surface area contributed by atoms with Crippen molar-refractivity contribution in [1.29, 1.82) is 0 Å². The number of anilines is 1. The normalized spacial score (nSPS) is 15.6. The summed E-state index contributed by atoms with van der Waals surface area (Å²) in [6, 6.07) is 19.7. The highest BCUT2D eigenvalue weighted by molar-refractivity contribution is 5.94. The fourth-order valence-electron chi connectivity index (χ4n) is 6.53. The van der Waals surface area contributed by atoms with Gasteiger partial charge in [0.05, 0.1) is 35.2 Å². The minimum Gasteiger partial charge on any atom is -0.479 e. The van der Waals surface area contributed by atoms with E-state index in [0.29, 0.717) is 32.5 Å². The van der Waals surface area contributed by atoms with Crippen LogP contribution in [0.25, 0.3) is 27.8 Å². The molecule has 0 spiro atoms. The topological polar surface area (TPSA) is 119 Å². The van der Waals surface area contributed by atoms with Crippen LogP contribution in [0.1, 0.15) is 61.2 Å². The van der Waals surface area contributed by atoms with Gasteiger partial charge in [0.15, 0.2) is 5.60 Å². The maximum Gasteiger partial charge on any atom is 0.336 e. The molecule has 0 aliphatic carbocycles. The molecule has 0 radical (unpaired) electrons. The number of rotatable bonds is 9. The number of aliphatic hydroxyl groups is 1. The van der Waals surface area contributed by atoms with E-state index in [1.165, 1.54) is 7.11 Å². The van der Waals surface area contributed by atoms with E-state index in [1.807, 2.05) is 77.1 Å². The molecule has 2 N–H and O–H groups in total. The molecule has 45 heavy (non-hydrogen) atoms. The first-order chi connectivity index (χ1) is 21.6. The largest absolute Gasteiger partial charge is 0.479 e. The molecule has 10 heteroatoms. The predicted octanol–water partition coefficient (Wildman–Crippen LogP) is 5.83. The smallest absolute Gasteiger partial charge is 0.336 e. The zero-order chi connectivity index (χ0) is 31.9. The second kappa shape index (κ2) is 12.1. The van der Waals surface area contributed by atoms with E-state index in [-0.39, 0.29) is 5.92 Å². The molecule has 234 valence electrons. The van der Waals surface area contributed by atoms with Crippen molar-refractivity contribution in [2.75, 3.05) is 25.1 Å². The zero-order valence-corrected chi connectivity index (χ0v) is 26.4. The number of aliphatic carboxylic acids is 1. The fraction of sp³-hybridized carbons (Fsp3) is 0.371. The van der Waals surface area contributed by atoms with Gasteiger partial charge in [0.1, 0.15) is 5.82 Å². The van der Waals surface area contributed by atoms with Gasteiger partial charge in [-0.2, -0.15) is 10.2 Å². The number of carboxylic acids is 1. The van der Waals surface area contributed by atoms with Crippen molar-refractivity contribution in [3.63, 3.8) is 0 Å². The average molecular weight is 609 g/mol. The Morgan fingerprint density at radius 3 is 2.38 bits per heavy atom. The van der Waals surface area contributed by atoms with E-state index in [0.717, 1.165) is 56.2 Å². The molecule has 0 amide bonds. The van der Waals surface area contributed by atoms with E-state index >= 15 is 0 Å². The Morgan fingerprint density at radius 1 is 1.00 bits per heavy atom. The van der Waals surface area contributed by atoms with E-state index in [9.17, 15) is 15.0 Å². The minimum absolute atomic E-state index is 0.218. The average Bonchev–Trinajstić information content (AvgIpc) is 3.61. The van der Waals surface area contributed by atoms with Crippen LogP contribution < -0.4 is 4.90 Å². The van der Waals surface area contributed by atoms with Crippen LogP contribution >= 0.6 is 0 Å². The van der Waals surface area contributed by atoms with Crippen LogP contribution in [0.5, 0.6) is 0 Å². The van der Waals surface area contributed by atoms with Crippen molar-refractivity contribution in [2.24, 2.45) is 0 Å². The summed E-state index contributed by atoms with van der Waals surface area (Å²) in [6.45, 7) is 9.89. The summed E-state index contributed by atoms with van der Waals surface area (Å²) < 4.78 is 9.19. The van der Waals surface area contributed by atoms with E-state index < -0.39 is 17.7 Å². The lowest BCUT2D eigenvalue weighted by Crippen LogP contribution is -2.51. The number of fused-ring (bicyclic) bond motifs is 1. The number of ether oxygens (including phenoxy) is 1. The lowest BCUT2D eigenvalue weighted by atomic mass is 9.91. The predicted molar refractivity (Wildman–Crippen MR) is 174 cm³/mol. The first-order valence-electron chi connectivity index (χ1n) is 15.4. The second-order valence-electron chi connectivity index (χ2n) is 12.2. The van der Waals surface area contributed by atoms with Crippen LogP contribution in [0.2, 0.25) is 0 Å². The van der Waals surface area contributed by atoms with Crippen molar-refractivity contribution in [3.8, 4) is 16.9 Å². The van der Waals surface area contributed by atoms with Crippen LogP contribution in [0.3, 0.4) is 0 Å². The summed E-state index contributed by atoms with van der Waals surface area (Å²) >= 11 is 0. The summed E-state index contributed by atoms with van der Waals surface area (Å²) in [6.07, 6.45) is 2.12. The third kappa shape index (κ3) is 5.60. The van der Waals surface area contributed by atoms with Gasteiger partial charge in [0.25, 0.3) is 0 Å². The molecule has 2 aromatic carbocycles. The molecule has 0 bridgehead atoms. The number of carboxylic acid groups (broad SMARTS) is 1. The molecule has 10 nitrogen and oxygen atoms in total. The van der Waals surface area contributed by atoms with Crippen LogP contribution in [0.4, 0.5) is 5.82 Å². The maximum absolute atomic E-state index is 11.8. The van der Waals surface area contributed by atoms with Crippen molar-refractivity contribution in [1.82, 2.24) is 24.5 Å². The van der Waals surface area contributed by atoms with Crippen molar-refractivity contribution < 1.29 is 19.7 Å². The van der Waals surface area contributed by atoms with Gasteiger partial charge >= 0.3 is 5.97 Å². The van der Waals surface area contributed by atoms with Gasteiger partial charge in [0, 0.05) is 61.4 Å². The van der Waals surface area contributed by atoms with Crippen LogP contribution in [0.15, 0.2) is 66.9 Å². The Morgan fingerprint density at radius 2 is 1.73 bits per heavy atom. The molecule has 1 aliphatic rings. The lowest BCUT2D eigenvalue weighted by molar-refractivity contribution is -0.164. The van der Waals surface area contributed by atoms with Gasteiger partial charge in [-0.1, -0.05) is 56.3 Å². The number of pyridine rings is 1. The Kier molecular flexibility index (Phi) is 8.20. The zero-order valence-electron chi connectivity index (χ0n) is 26.4. The molecule has 5 aromatic rings. The highest BCUT2D eigenvalue weighted by Gasteiger charge is 2.42. The molecule has 0 saturated carbocycles. The van der Waals surface area contributed by atoms with Crippen molar-refractivity contribution in [3.05, 3.63) is 89.4 Å². The molecule has 4 heterocycles. The molecule has 1 saturated heterocycles. The van der Waals surface area contributed by atoms with E-state index in [1.54, 1.807) is 0 Å². The van der Waals surface area contributed by atoms with E-state index in [4.69, 9.17) is 19.9 Å². The first kappa shape index (κ1) is 30.5. The number of aromatic nitrogens is 5. The maximum atomic E-state index is 11.8. The summed E-state index contributed by atoms with van der Waals surface area (Å²) in [5.41, 5.74) is 6.40. The Balaban J connectivity index is 1.32. The van der Waals surface area contributed by atoms with Crippen LogP contribution in [-0.2, 0) is 16.1 Å². The molecule has 1 aliphatic heterocycles. The number of piperidine rings is 1. The highest BCUT2D eigenvalue weighted by Crippen LogP contribution is 2.37. The molecular formula is C35H40N6O4. The molecule has 1 unspecified atom stereocenters. The number of carbonyl (C=O) groups is 1. The lowest BCUT2D eigenvalue weighted by Gasteiger charge is -2.38. The van der Waals surface area contributed by atoms with Gasteiger partial charge in [-0.15, -0.1) is 0 Å². The number of hydrogen-bond acceptors (Lipinski definition) is 7. The van der Waals surface area contributed by atoms with Gasteiger partial charge < -0.3 is 19.8 Å². The monoisotopic (exact) mass is 608 g/mol. The van der Waals surface area contributed by atoms with Crippen LogP contribution in [-0.4, -0.2) is 66.5 Å². The van der Waals surface area contributed by atoms with Gasteiger partial charge in [-0.25, -0.2) is 14.5 Å². The van der Waals surface area contributed by atoms with Crippen molar-refractivity contribution >= 4 is 22.7 Å². The number of aliphatic hydroxyl groups excluding tert-OH is 1. The Labute approximate surface area is 262 Å².